The first kappa shape index (κ1) is 20.6. The number of hydrogen-bond acceptors (Lipinski definition) is 4. The van der Waals surface area contributed by atoms with Crippen LogP contribution in [-0.4, -0.2) is 59.4 Å². The van der Waals surface area contributed by atoms with Crippen molar-refractivity contribution in [2.75, 3.05) is 30.3 Å². The van der Waals surface area contributed by atoms with Gasteiger partial charge in [0.15, 0.2) is 0 Å². The second-order valence-corrected chi connectivity index (χ2v) is 9.16. The summed E-state index contributed by atoms with van der Waals surface area (Å²) in [4.78, 5) is 28.3. The Hall–Kier alpha value is -2.10. The van der Waals surface area contributed by atoms with Crippen LogP contribution in [0.1, 0.15) is 20.3 Å². The SMILES string of the molecule is CC1(C)CN(C(=O)NC2CCN(c3cccc(OC(F)(F)F)c3)C2=O)CCS1. The highest BCUT2D eigenvalue weighted by Gasteiger charge is 2.37. The van der Waals surface area contributed by atoms with Crippen LogP contribution in [0.2, 0.25) is 0 Å². The summed E-state index contributed by atoms with van der Waals surface area (Å²) in [5, 5.41) is 2.76. The fourth-order valence-electron chi connectivity index (χ4n) is 3.35. The lowest BCUT2D eigenvalue weighted by Gasteiger charge is -2.37. The van der Waals surface area contributed by atoms with Gasteiger partial charge in [-0.1, -0.05) is 6.07 Å². The summed E-state index contributed by atoms with van der Waals surface area (Å²) in [5.41, 5.74) is 0.305. The fraction of sp³-hybridized carbons (Fsp3) is 0.556. The lowest BCUT2D eigenvalue weighted by atomic mass is 10.2. The Morgan fingerprint density at radius 2 is 2.07 bits per heavy atom. The predicted molar refractivity (Wildman–Crippen MR) is 101 cm³/mol. The summed E-state index contributed by atoms with van der Waals surface area (Å²) in [6.07, 6.45) is -4.41. The average molecular weight is 417 g/mol. The topological polar surface area (TPSA) is 61.9 Å². The molecule has 154 valence electrons. The Bertz CT molecular complexity index is 757. The van der Waals surface area contributed by atoms with E-state index in [1.54, 1.807) is 16.7 Å². The first-order valence-electron chi connectivity index (χ1n) is 8.91. The fourth-order valence-corrected chi connectivity index (χ4v) is 4.46. The van der Waals surface area contributed by atoms with Crippen molar-refractivity contribution in [2.24, 2.45) is 0 Å². The number of carbonyl (C=O) groups excluding carboxylic acids is 2. The molecule has 6 nitrogen and oxygen atoms in total. The molecular formula is C18H22F3N3O3S. The van der Waals surface area contributed by atoms with Crippen LogP contribution in [0, 0.1) is 0 Å². The molecule has 0 radical (unpaired) electrons. The van der Waals surface area contributed by atoms with E-state index in [-0.39, 0.29) is 16.7 Å². The van der Waals surface area contributed by atoms with Crippen molar-refractivity contribution in [1.82, 2.24) is 10.2 Å². The Balaban J connectivity index is 1.63. The molecule has 1 aromatic rings. The van der Waals surface area contributed by atoms with Gasteiger partial charge in [-0.2, -0.15) is 11.8 Å². The third-order valence-corrected chi connectivity index (χ3v) is 5.88. The largest absolute Gasteiger partial charge is 0.573 e. The van der Waals surface area contributed by atoms with Gasteiger partial charge in [0.1, 0.15) is 11.8 Å². The number of nitrogens with one attached hydrogen (secondary N) is 1. The van der Waals surface area contributed by atoms with Gasteiger partial charge in [0, 0.05) is 41.9 Å². The van der Waals surface area contributed by atoms with Crippen molar-refractivity contribution < 1.29 is 27.5 Å². The number of anilines is 1. The quantitative estimate of drug-likeness (QED) is 0.820. The van der Waals surface area contributed by atoms with Crippen molar-refractivity contribution in [3.05, 3.63) is 24.3 Å². The molecule has 1 atom stereocenters. The molecule has 0 aliphatic carbocycles. The summed E-state index contributed by atoms with van der Waals surface area (Å²) in [7, 11) is 0. The van der Waals surface area contributed by atoms with Gasteiger partial charge in [-0.25, -0.2) is 4.79 Å². The summed E-state index contributed by atoms with van der Waals surface area (Å²) in [5.74, 6) is 0.0958. The molecule has 0 spiro atoms. The molecule has 3 amide bonds. The number of benzene rings is 1. The zero-order chi connectivity index (χ0) is 20.5. The van der Waals surface area contributed by atoms with Crippen molar-refractivity contribution in [1.29, 1.82) is 0 Å². The second kappa shape index (κ2) is 7.73. The van der Waals surface area contributed by atoms with Gasteiger partial charge in [0.25, 0.3) is 0 Å². The molecule has 2 fully saturated rings. The normalized spacial score (nSPS) is 22.3. The van der Waals surface area contributed by atoms with Crippen LogP contribution in [0.4, 0.5) is 23.7 Å². The van der Waals surface area contributed by atoms with Crippen LogP contribution >= 0.6 is 11.8 Å². The molecular weight excluding hydrogens is 395 g/mol. The molecule has 2 saturated heterocycles. The van der Waals surface area contributed by atoms with Crippen LogP contribution in [0.5, 0.6) is 5.75 Å². The first-order chi connectivity index (χ1) is 13.0. The molecule has 2 aliphatic heterocycles. The van der Waals surface area contributed by atoms with Gasteiger partial charge in [-0.05, 0) is 32.4 Å². The molecule has 2 heterocycles. The number of thioether (sulfide) groups is 1. The van der Waals surface area contributed by atoms with Gasteiger partial charge in [0.2, 0.25) is 5.91 Å². The number of amides is 3. The zero-order valence-corrected chi connectivity index (χ0v) is 16.4. The molecule has 3 rings (SSSR count). The molecule has 28 heavy (non-hydrogen) atoms. The lowest BCUT2D eigenvalue weighted by molar-refractivity contribution is -0.274. The first-order valence-corrected chi connectivity index (χ1v) is 9.89. The van der Waals surface area contributed by atoms with E-state index in [9.17, 15) is 22.8 Å². The minimum absolute atomic E-state index is 0.0414. The molecule has 1 unspecified atom stereocenters. The number of hydrogen-bond donors (Lipinski definition) is 1. The molecule has 1 N–H and O–H groups in total. The zero-order valence-electron chi connectivity index (χ0n) is 15.6. The third kappa shape index (κ3) is 5.03. The molecule has 2 aliphatic rings. The van der Waals surface area contributed by atoms with Crippen molar-refractivity contribution in [3.8, 4) is 5.75 Å². The summed E-state index contributed by atoms with van der Waals surface area (Å²) >= 11 is 1.80. The van der Waals surface area contributed by atoms with Crippen molar-refractivity contribution in [2.45, 2.75) is 37.4 Å². The monoisotopic (exact) mass is 417 g/mol. The van der Waals surface area contributed by atoms with E-state index in [4.69, 9.17) is 0 Å². The maximum atomic E-state index is 12.7. The van der Waals surface area contributed by atoms with E-state index in [1.807, 2.05) is 0 Å². The van der Waals surface area contributed by atoms with E-state index in [0.29, 0.717) is 31.7 Å². The maximum Gasteiger partial charge on any atom is 0.573 e. The number of alkyl halides is 3. The average Bonchev–Trinajstić information content (AvgIpc) is 2.93. The van der Waals surface area contributed by atoms with E-state index in [2.05, 4.69) is 23.9 Å². The predicted octanol–water partition coefficient (Wildman–Crippen LogP) is 3.23. The van der Waals surface area contributed by atoms with Gasteiger partial charge in [-0.15, -0.1) is 13.2 Å². The Morgan fingerprint density at radius 3 is 2.75 bits per heavy atom. The van der Waals surface area contributed by atoms with Crippen LogP contribution in [-0.2, 0) is 4.79 Å². The van der Waals surface area contributed by atoms with E-state index in [1.165, 1.54) is 29.2 Å². The van der Waals surface area contributed by atoms with Crippen LogP contribution in [0.15, 0.2) is 24.3 Å². The Labute approximate surface area is 165 Å². The van der Waals surface area contributed by atoms with E-state index in [0.717, 1.165) is 5.75 Å². The molecule has 0 bridgehead atoms. The Kier molecular flexibility index (Phi) is 5.69. The smallest absolute Gasteiger partial charge is 0.406 e. The lowest BCUT2D eigenvalue weighted by Crippen LogP contribution is -2.53. The van der Waals surface area contributed by atoms with Crippen LogP contribution < -0.4 is 15.0 Å². The second-order valence-electron chi connectivity index (χ2n) is 7.36. The van der Waals surface area contributed by atoms with Crippen LogP contribution in [0.25, 0.3) is 0 Å². The van der Waals surface area contributed by atoms with Crippen molar-refractivity contribution in [3.63, 3.8) is 0 Å². The molecule has 0 saturated carbocycles. The minimum Gasteiger partial charge on any atom is -0.406 e. The third-order valence-electron chi connectivity index (χ3n) is 4.58. The number of urea groups is 1. The summed E-state index contributed by atoms with van der Waals surface area (Å²) in [6, 6.07) is 4.28. The highest BCUT2D eigenvalue weighted by Crippen LogP contribution is 2.31. The highest BCUT2D eigenvalue weighted by atomic mass is 32.2. The highest BCUT2D eigenvalue weighted by molar-refractivity contribution is 8.00. The standard InChI is InChI=1S/C18H22F3N3O3S/c1-17(2)11-23(8-9-28-17)16(26)22-14-6-7-24(15(14)25)12-4-3-5-13(10-12)27-18(19,20)21/h3-5,10,14H,6-9,11H2,1-2H3,(H,22,26). The molecule has 0 aromatic heterocycles. The van der Waals surface area contributed by atoms with Gasteiger partial charge < -0.3 is 19.9 Å². The molecule has 1 aromatic carbocycles. The summed E-state index contributed by atoms with van der Waals surface area (Å²) < 4.78 is 41.1. The minimum atomic E-state index is -4.80. The van der Waals surface area contributed by atoms with Crippen molar-refractivity contribution >= 4 is 29.4 Å². The molecule has 10 heteroatoms. The van der Waals surface area contributed by atoms with Crippen LogP contribution in [0.3, 0.4) is 0 Å². The number of halogens is 3. The number of carbonyl (C=O) groups is 2. The van der Waals surface area contributed by atoms with E-state index >= 15 is 0 Å². The summed E-state index contributed by atoms with van der Waals surface area (Å²) in [6.45, 7) is 5.64. The van der Waals surface area contributed by atoms with Gasteiger partial charge in [0.05, 0.1) is 0 Å². The van der Waals surface area contributed by atoms with Gasteiger partial charge in [-0.3, -0.25) is 4.79 Å². The van der Waals surface area contributed by atoms with E-state index < -0.39 is 18.2 Å². The maximum absolute atomic E-state index is 12.7. The number of ether oxygens (including phenoxy) is 1. The Morgan fingerprint density at radius 1 is 1.32 bits per heavy atom. The number of rotatable bonds is 3. The number of nitrogens with zero attached hydrogens (tertiary/aromatic N) is 2. The van der Waals surface area contributed by atoms with Gasteiger partial charge >= 0.3 is 12.4 Å².